The zero-order chi connectivity index (χ0) is 20.1. The number of aromatic nitrogens is 2. The van der Waals surface area contributed by atoms with Crippen molar-refractivity contribution in [2.24, 2.45) is 0 Å². The minimum atomic E-state index is -0.843. The Balaban J connectivity index is 1.74. The van der Waals surface area contributed by atoms with Gasteiger partial charge in [0.1, 0.15) is 11.7 Å². The van der Waals surface area contributed by atoms with Crippen LogP contribution in [0.2, 0.25) is 0 Å². The van der Waals surface area contributed by atoms with Gasteiger partial charge in [-0.1, -0.05) is 36.4 Å². The van der Waals surface area contributed by atoms with E-state index in [-0.39, 0.29) is 18.3 Å². The highest BCUT2D eigenvalue weighted by Gasteiger charge is 2.19. The van der Waals surface area contributed by atoms with Crippen LogP contribution in [0.4, 0.5) is 0 Å². The number of carbonyl (C=O) groups excluding carboxylic acids is 1. The van der Waals surface area contributed by atoms with Crippen molar-refractivity contribution in [2.45, 2.75) is 26.5 Å². The zero-order valence-electron chi connectivity index (χ0n) is 16.0. The van der Waals surface area contributed by atoms with Crippen LogP contribution in [0.15, 0.2) is 60.8 Å². The highest BCUT2D eigenvalue weighted by atomic mass is 35.5. The molecule has 0 bridgehead atoms. The Bertz CT molecular complexity index is 903. The number of alkyl halides is 1. The standard InChI is InChI=1S/C22H24ClN3O2/c1-16-8-9-17(2)26(16)21-11-10-19(13-24-21)20(27)15-25(22(28)12-23)14-18-6-4-3-5-7-18/h3-11,13,20,27H,12,14-15H2,1-2H3/t20-/m1/s1. The summed E-state index contributed by atoms with van der Waals surface area (Å²) in [6.45, 7) is 4.60. The van der Waals surface area contributed by atoms with Crippen LogP contribution >= 0.6 is 11.6 Å². The van der Waals surface area contributed by atoms with Crippen molar-refractivity contribution in [3.05, 3.63) is 83.3 Å². The maximum absolute atomic E-state index is 12.2. The van der Waals surface area contributed by atoms with Crippen LogP contribution in [-0.2, 0) is 11.3 Å². The van der Waals surface area contributed by atoms with E-state index in [1.54, 1.807) is 11.1 Å². The fourth-order valence-corrected chi connectivity index (χ4v) is 3.38. The molecular formula is C22H24ClN3O2. The summed E-state index contributed by atoms with van der Waals surface area (Å²) in [5, 5.41) is 10.7. The molecule has 0 radical (unpaired) electrons. The highest BCUT2D eigenvalue weighted by molar-refractivity contribution is 6.27. The maximum atomic E-state index is 12.2. The summed E-state index contributed by atoms with van der Waals surface area (Å²) in [5.41, 5.74) is 3.84. The summed E-state index contributed by atoms with van der Waals surface area (Å²) in [4.78, 5) is 18.3. The number of benzene rings is 1. The summed E-state index contributed by atoms with van der Waals surface area (Å²) < 4.78 is 2.05. The van der Waals surface area contributed by atoms with Crippen molar-refractivity contribution in [1.82, 2.24) is 14.5 Å². The first-order valence-electron chi connectivity index (χ1n) is 9.16. The average molecular weight is 398 g/mol. The van der Waals surface area contributed by atoms with E-state index in [0.29, 0.717) is 12.1 Å². The molecule has 5 nitrogen and oxygen atoms in total. The van der Waals surface area contributed by atoms with Gasteiger partial charge in [0.05, 0.1) is 12.6 Å². The molecule has 1 atom stereocenters. The number of halogens is 1. The lowest BCUT2D eigenvalue weighted by Gasteiger charge is -2.25. The lowest BCUT2D eigenvalue weighted by atomic mass is 10.1. The molecule has 0 aliphatic carbocycles. The van der Waals surface area contributed by atoms with Crippen molar-refractivity contribution < 1.29 is 9.90 Å². The molecule has 1 N–H and O–H groups in total. The number of pyridine rings is 1. The lowest BCUT2D eigenvalue weighted by molar-refractivity contribution is -0.130. The SMILES string of the molecule is Cc1ccc(C)n1-c1ccc([C@H](O)CN(Cc2ccccc2)C(=O)CCl)cn1. The van der Waals surface area contributed by atoms with Gasteiger partial charge < -0.3 is 14.6 Å². The van der Waals surface area contributed by atoms with E-state index < -0.39 is 6.10 Å². The van der Waals surface area contributed by atoms with E-state index in [9.17, 15) is 9.90 Å². The van der Waals surface area contributed by atoms with E-state index in [2.05, 4.69) is 9.55 Å². The van der Waals surface area contributed by atoms with Gasteiger partial charge in [0.25, 0.3) is 0 Å². The number of hydrogen-bond acceptors (Lipinski definition) is 3. The molecule has 3 aromatic rings. The van der Waals surface area contributed by atoms with Crippen molar-refractivity contribution >= 4 is 17.5 Å². The molecule has 0 spiro atoms. The van der Waals surface area contributed by atoms with Gasteiger partial charge in [0.2, 0.25) is 5.91 Å². The van der Waals surface area contributed by atoms with E-state index in [1.165, 1.54) is 0 Å². The Kier molecular flexibility index (Phi) is 6.49. The van der Waals surface area contributed by atoms with Crippen molar-refractivity contribution in [3.8, 4) is 5.82 Å². The largest absolute Gasteiger partial charge is 0.386 e. The number of rotatable bonds is 7. The lowest BCUT2D eigenvalue weighted by Crippen LogP contribution is -2.35. The normalized spacial score (nSPS) is 12.0. The molecule has 6 heteroatoms. The quantitative estimate of drug-likeness (QED) is 0.617. The molecule has 146 valence electrons. The number of nitrogens with zero attached hydrogens (tertiary/aromatic N) is 3. The highest BCUT2D eigenvalue weighted by Crippen LogP contribution is 2.19. The minimum absolute atomic E-state index is 0.122. The maximum Gasteiger partial charge on any atom is 0.237 e. The summed E-state index contributed by atoms with van der Waals surface area (Å²) in [6, 6.07) is 17.5. The Hall–Kier alpha value is -2.63. The first-order chi connectivity index (χ1) is 13.5. The molecule has 2 heterocycles. The molecule has 0 aliphatic heterocycles. The van der Waals surface area contributed by atoms with Gasteiger partial charge in [-0.2, -0.15) is 0 Å². The summed E-state index contributed by atoms with van der Waals surface area (Å²) >= 11 is 5.76. The van der Waals surface area contributed by atoms with Crippen molar-refractivity contribution in [1.29, 1.82) is 0 Å². The van der Waals surface area contributed by atoms with Crippen LogP contribution in [0.25, 0.3) is 5.82 Å². The van der Waals surface area contributed by atoms with Crippen molar-refractivity contribution in [2.75, 3.05) is 12.4 Å². The Morgan fingerprint density at radius 3 is 2.36 bits per heavy atom. The van der Waals surface area contributed by atoms with Crippen LogP contribution < -0.4 is 0 Å². The first kappa shape index (κ1) is 20.1. The number of hydrogen-bond donors (Lipinski definition) is 1. The van der Waals surface area contributed by atoms with Crippen LogP contribution in [0.5, 0.6) is 0 Å². The molecule has 3 rings (SSSR count). The van der Waals surface area contributed by atoms with Crippen LogP contribution in [-0.4, -0.2) is 37.9 Å². The van der Waals surface area contributed by atoms with Crippen LogP contribution in [0.3, 0.4) is 0 Å². The van der Waals surface area contributed by atoms with Gasteiger partial charge in [-0.3, -0.25) is 4.79 Å². The van der Waals surface area contributed by atoms with Crippen molar-refractivity contribution in [3.63, 3.8) is 0 Å². The second-order valence-electron chi connectivity index (χ2n) is 6.81. The first-order valence-corrected chi connectivity index (χ1v) is 9.70. The van der Waals surface area contributed by atoms with Crippen LogP contribution in [0, 0.1) is 13.8 Å². The second kappa shape index (κ2) is 9.04. The summed E-state index contributed by atoms with van der Waals surface area (Å²) in [7, 11) is 0. The second-order valence-corrected chi connectivity index (χ2v) is 7.08. The van der Waals surface area contributed by atoms with Gasteiger partial charge in [-0.05, 0) is 37.6 Å². The monoisotopic (exact) mass is 397 g/mol. The number of aliphatic hydroxyl groups excluding tert-OH is 1. The van der Waals surface area contributed by atoms with E-state index in [0.717, 1.165) is 22.8 Å². The third-order valence-electron chi connectivity index (χ3n) is 4.73. The Morgan fingerprint density at radius 2 is 1.79 bits per heavy atom. The third-order valence-corrected chi connectivity index (χ3v) is 4.96. The smallest absolute Gasteiger partial charge is 0.237 e. The number of aryl methyl sites for hydroxylation is 2. The van der Waals surface area contributed by atoms with E-state index in [1.807, 2.05) is 68.4 Å². The van der Waals surface area contributed by atoms with Crippen LogP contribution in [0.1, 0.15) is 28.6 Å². The molecule has 28 heavy (non-hydrogen) atoms. The fourth-order valence-electron chi connectivity index (χ4n) is 3.21. The predicted molar refractivity (Wildman–Crippen MR) is 111 cm³/mol. The molecule has 0 saturated carbocycles. The minimum Gasteiger partial charge on any atom is -0.386 e. The fraction of sp³-hybridized carbons (Fsp3) is 0.273. The molecule has 0 fully saturated rings. The third kappa shape index (κ3) is 4.61. The summed E-state index contributed by atoms with van der Waals surface area (Å²) in [6.07, 6.45) is 0.814. The van der Waals surface area contributed by atoms with Gasteiger partial charge >= 0.3 is 0 Å². The summed E-state index contributed by atoms with van der Waals surface area (Å²) in [5.74, 6) is 0.463. The number of aliphatic hydroxyl groups is 1. The molecular weight excluding hydrogens is 374 g/mol. The average Bonchev–Trinajstić information content (AvgIpc) is 3.05. The number of amides is 1. The Morgan fingerprint density at radius 1 is 1.11 bits per heavy atom. The molecule has 0 aliphatic rings. The molecule has 2 aromatic heterocycles. The van der Waals surface area contributed by atoms with E-state index in [4.69, 9.17) is 11.6 Å². The van der Waals surface area contributed by atoms with Gasteiger partial charge in [-0.15, -0.1) is 11.6 Å². The van der Waals surface area contributed by atoms with E-state index >= 15 is 0 Å². The Labute approximate surface area is 170 Å². The number of carbonyl (C=O) groups is 1. The predicted octanol–water partition coefficient (Wildman–Crippen LogP) is 3.79. The van der Waals surface area contributed by atoms with Gasteiger partial charge in [0, 0.05) is 29.7 Å². The molecule has 1 aromatic carbocycles. The molecule has 0 saturated heterocycles. The molecule has 1 amide bonds. The van der Waals surface area contributed by atoms with Gasteiger partial charge in [0.15, 0.2) is 0 Å². The zero-order valence-corrected chi connectivity index (χ0v) is 16.8. The van der Waals surface area contributed by atoms with Gasteiger partial charge in [-0.25, -0.2) is 4.98 Å². The molecule has 0 unspecified atom stereocenters. The topological polar surface area (TPSA) is 58.4 Å².